The molecule has 18 heavy (non-hydrogen) atoms. The molecule has 1 aliphatic rings. The van der Waals surface area contributed by atoms with Crippen LogP contribution in [0.25, 0.3) is 0 Å². The van der Waals surface area contributed by atoms with E-state index in [0.29, 0.717) is 19.3 Å². The van der Waals surface area contributed by atoms with Gasteiger partial charge in [-0.2, -0.15) is 13.2 Å². The summed E-state index contributed by atoms with van der Waals surface area (Å²) in [6.07, 6.45) is -0.431. The zero-order valence-corrected chi connectivity index (χ0v) is 10.7. The monoisotopic (exact) mass is 266 g/mol. The Morgan fingerprint density at radius 1 is 1.33 bits per heavy atom. The first-order chi connectivity index (χ1) is 8.28. The van der Waals surface area contributed by atoms with Crippen molar-refractivity contribution in [2.45, 2.75) is 57.2 Å². The summed E-state index contributed by atoms with van der Waals surface area (Å²) >= 11 is 0. The molecule has 106 valence electrons. The van der Waals surface area contributed by atoms with Gasteiger partial charge in [0, 0.05) is 6.54 Å². The minimum Gasteiger partial charge on any atom is -0.332 e. The predicted octanol–water partition coefficient (Wildman–Crippen LogP) is 2.45. The van der Waals surface area contributed by atoms with Crippen LogP contribution in [-0.2, 0) is 4.79 Å². The fourth-order valence-electron chi connectivity index (χ4n) is 2.35. The van der Waals surface area contributed by atoms with Gasteiger partial charge in [0.15, 0.2) is 0 Å². The Morgan fingerprint density at radius 3 is 2.33 bits per heavy atom. The van der Waals surface area contributed by atoms with Crippen LogP contribution >= 0.6 is 0 Å². The molecule has 0 aromatic carbocycles. The number of carbonyl (C=O) groups is 1. The second-order valence-corrected chi connectivity index (χ2v) is 5.06. The molecule has 0 bridgehead atoms. The average Bonchev–Trinajstić information content (AvgIpc) is 2.70. The first-order valence-electron chi connectivity index (χ1n) is 6.43. The van der Waals surface area contributed by atoms with Gasteiger partial charge in [0.25, 0.3) is 0 Å². The normalized spacial score (nSPS) is 18.9. The lowest BCUT2D eigenvalue weighted by molar-refractivity contribution is -0.164. The Bertz CT molecular complexity index is 286. The second kappa shape index (κ2) is 5.91. The van der Waals surface area contributed by atoms with Gasteiger partial charge in [-0.3, -0.25) is 4.79 Å². The van der Waals surface area contributed by atoms with Crippen LogP contribution in [0, 0.1) is 0 Å². The van der Waals surface area contributed by atoms with E-state index in [-0.39, 0.29) is 6.54 Å². The molecule has 0 aromatic rings. The second-order valence-electron chi connectivity index (χ2n) is 5.06. The van der Waals surface area contributed by atoms with Gasteiger partial charge in [-0.25, -0.2) is 0 Å². The smallest absolute Gasteiger partial charge is 0.332 e. The highest BCUT2D eigenvalue weighted by Gasteiger charge is 2.42. The van der Waals surface area contributed by atoms with E-state index in [1.165, 1.54) is 0 Å². The number of hydrogen-bond donors (Lipinski definition) is 1. The highest BCUT2D eigenvalue weighted by atomic mass is 19.4. The van der Waals surface area contributed by atoms with Crippen molar-refractivity contribution in [3.63, 3.8) is 0 Å². The van der Waals surface area contributed by atoms with Gasteiger partial charge in [0.1, 0.15) is 6.54 Å². The lowest BCUT2D eigenvalue weighted by Gasteiger charge is -2.32. The van der Waals surface area contributed by atoms with Crippen molar-refractivity contribution < 1.29 is 18.0 Å². The summed E-state index contributed by atoms with van der Waals surface area (Å²) in [4.78, 5) is 13.0. The van der Waals surface area contributed by atoms with E-state index in [0.717, 1.165) is 24.2 Å². The summed E-state index contributed by atoms with van der Waals surface area (Å²) < 4.78 is 37.4. The van der Waals surface area contributed by atoms with E-state index in [9.17, 15) is 18.0 Å². The maximum Gasteiger partial charge on any atom is 0.406 e. The van der Waals surface area contributed by atoms with Crippen molar-refractivity contribution in [2.24, 2.45) is 5.73 Å². The summed E-state index contributed by atoms with van der Waals surface area (Å²) in [6.45, 7) is 0.822. The van der Waals surface area contributed by atoms with Crippen molar-refractivity contribution in [3.05, 3.63) is 0 Å². The van der Waals surface area contributed by atoms with Crippen LogP contribution in [0.2, 0.25) is 0 Å². The molecule has 3 nitrogen and oxygen atoms in total. The van der Waals surface area contributed by atoms with E-state index >= 15 is 0 Å². The van der Waals surface area contributed by atoms with Crippen molar-refractivity contribution >= 4 is 5.91 Å². The fraction of sp³-hybridized carbons (Fsp3) is 0.917. The number of hydrogen-bond acceptors (Lipinski definition) is 2. The third-order valence-electron chi connectivity index (χ3n) is 3.36. The van der Waals surface area contributed by atoms with Gasteiger partial charge in [0.2, 0.25) is 5.91 Å². The first-order valence-corrected chi connectivity index (χ1v) is 6.43. The molecule has 1 rings (SSSR count). The SMILES string of the molecule is CCCCN(CC(F)(F)F)C(=O)C1(N)CCCC1. The Labute approximate surface area is 106 Å². The van der Waals surface area contributed by atoms with Crippen molar-refractivity contribution in [1.29, 1.82) is 0 Å². The van der Waals surface area contributed by atoms with Gasteiger partial charge in [-0.1, -0.05) is 26.2 Å². The third-order valence-corrected chi connectivity index (χ3v) is 3.36. The molecule has 0 aromatic heterocycles. The molecule has 0 spiro atoms. The largest absolute Gasteiger partial charge is 0.406 e. The van der Waals surface area contributed by atoms with Crippen LogP contribution in [-0.4, -0.2) is 35.6 Å². The molecule has 6 heteroatoms. The number of unbranched alkanes of at least 4 members (excludes halogenated alkanes) is 1. The number of rotatable bonds is 5. The molecule has 0 aliphatic heterocycles. The predicted molar refractivity (Wildman–Crippen MR) is 62.9 cm³/mol. The van der Waals surface area contributed by atoms with Gasteiger partial charge in [-0.05, 0) is 19.3 Å². The highest BCUT2D eigenvalue weighted by Crippen LogP contribution is 2.30. The van der Waals surface area contributed by atoms with Crippen LogP contribution in [0.4, 0.5) is 13.2 Å². The molecule has 2 N–H and O–H groups in total. The molecule has 0 radical (unpaired) electrons. The van der Waals surface area contributed by atoms with Gasteiger partial charge < -0.3 is 10.6 Å². The van der Waals surface area contributed by atoms with Crippen LogP contribution in [0.1, 0.15) is 45.4 Å². The zero-order chi connectivity index (χ0) is 13.8. The van der Waals surface area contributed by atoms with Gasteiger partial charge >= 0.3 is 6.18 Å². The van der Waals surface area contributed by atoms with Crippen molar-refractivity contribution in [2.75, 3.05) is 13.1 Å². The number of amides is 1. The van der Waals surface area contributed by atoms with E-state index in [4.69, 9.17) is 5.73 Å². The minimum atomic E-state index is -4.36. The molecule has 1 amide bonds. The van der Waals surface area contributed by atoms with Crippen molar-refractivity contribution in [1.82, 2.24) is 4.90 Å². The number of carbonyl (C=O) groups excluding carboxylic acids is 1. The summed E-state index contributed by atoms with van der Waals surface area (Å²) in [7, 11) is 0. The van der Waals surface area contributed by atoms with Crippen LogP contribution in [0.5, 0.6) is 0 Å². The lowest BCUT2D eigenvalue weighted by atomic mass is 9.97. The molecule has 1 aliphatic carbocycles. The molecule has 0 heterocycles. The fourth-order valence-corrected chi connectivity index (χ4v) is 2.35. The standard InChI is InChI=1S/C12H21F3N2O/c1-2-3-8-17(9-12(13,14)15)10(18)11(16)6-4-5-7-11/h2-9,16H2,1H3. The number of nitrogens with zero attached hydrogens (tertiary/aromatic N) is 1. The van der Waals surface area contributed by atoms with E-state index in [1.807, 2.05) is 6.92 Å². The van der Waals surface area contributed by atoms with Gasteiger partial charge in [-0.15, -0.1) is 0 Å². The van der Waals surface area contributed by atoms with Crippen molar-refractivity contribution in [3.8, 4) is 0 Å². The molecule has 0 unspecified atom stereocenters. The summed E-state index contributed by atoms with van der Waals surface area (Å²) in [6, 6.07) is 0. The molecule has 0 atom stereocenters. The number of halogens is 3. The average molecular weight is 266 g/mol. The molecular weight excluding hydrogens is 245 g/mol. The van der Waals surface area contributed by atoms with E-state index < -0.39 is 24.2 Å². The summed E-state index contributed by atoms with van der Waals surface area (Å²) in [5, 5.41) is 0. The zero-order valence-electron chi connectivity index (χ0n) is 10.7. The van der Waals surface area contributed by atoms with E-state index in [1.54, 1.807) is 0 Å². The minimum absolute atomic E-state index is 0.133. The Kier molecular flexibility index (Phi) is 5.01. The Morgan fingerprint density at radius 2 is 1.89 bits per heavy atom. The van der Waals surface area contributed by atoms with Crippen LogP contribution in [0.15, 0.2) is 0 Å². The highest BCUT2D eigenvalue weighted by molar-refractivity contribution is 5.86. The third kappa shape index (κ3) is 4.15. The van der Waals surface area contributed by atoms with Crippen LogP contribution < -0.4 is 5.73 Å². The number of nitrogens with two attached hydrogens (primary N) is 1. The summed E-state index contributed by atoms with van der Waals surface area (Å²) in [5.41, 5.74) is 4.87. The molecule has 1 fully saturated rings. The van der Waals surface area contributed by atoms with Gasteiger partial charge in [0.05, 0.1) is 5.54 Å². The molecular formula is C12H21F3N2O. The quantitative estimate of drug-likeness (QED) is 0.830. The lowest BCUT2D eigenvalue weighted by Crippen LogP contribution is -2.55. The molecule has 1 saturated carbocycles. The molecule has 0 saturated heterocycles. The Balaban J connectivity index is 2.71. The summed E-state index contributed by atoms with van der Waals surface area (Å²) in [5.74, 6) is -0.536. The maximum absolute atomic E-state index is 12.5. The number of alkyl halides is 3. The van der Waals surface area contributed by atoms with Crippen LogP contribution in [0.3, 0.4) is 0 Å². The Hall–Kier alpha value is -0.780. The van der Waals surface area contributed by atoms with E-state index in [2.05, 4.69) is 0 Å². The first kappa shape index (κ1) is 15.3. The maximum atomic E-state index is 12.5. The topological polar surface area (TPSA) is 46.3 Å².